The topological polar surface area (TPSA) is 104 Å². The summed E-state index contributed by atoms with van der Waals surface area (Å²) >= 11 is 0. The van der Waals surface area contributed by atoms with Crippen LogP contribution in [0.15, 0.2) is 59.9 Å². The number of hydrogen-bond donors (Lipinski definition) is 3. The van der Waals surface area contributed by atoms with Gasteiger partial charge in [0.15, 0.2) is 0 Å². The average Bonchev–Trinajstić information content (AvgIpc) is 3.15. The third-order valence-corrected chi connectivity index (χ3v) is 6.23. The van der Waals surface area contributed by atoms with E-state index in [0.29, 0.717) is 17.8 Å². The molecule has 1 aliphatic heterocycles. The van der Waals surface area contributed by atoms with Crippen LogP contribution >= 0.6 is 0 Å². The molecule has 0 saturated heterocycles. The summed E-state index contributed by atoms with van der Waals surface area (Å²) < 4.78 is 28.3. The minimum Gasteiger partial charge on any atom is -0.345 e. The number of fused-ring (bicyclic) bond motifs is 1. The third-order valence-electron chi connectivity index (χ3n) is 4.85. The largest absolute Gasteiger partial charge is 0.345 e. The molecule has 0 bridgehead atoms. The first kappa shape index (κ1) is 18.2. The van der Waals surface area contributed by atoms with Crippen molar-refractivity contribution in [3.8, 4) is 11.3 Å². The first-order valence-corrected chi connectivity index (χ1v) is 10.3. The van der Waals surface area contributed by atoms with Gasteiger partial charge in [0.25, 0.3) is 10.0 Å². The zero-order valence-electron chi connectivity index (χ0n) is 15.5. The SMILES string of the molecule is CC1(C)CC(=O)Nc2ccc(S(=O)(=O)Nc3ccc(-c4cnc[nH]4)cc3)cc21. The standard InChI is InChI=1S/C20H20N4O3S/c1-20(2)10-19(25)23-17-8-7-15(9-16(17)20)28(26,27)24-14-5-3-13(4-6-14)18-11-21-12-22-18/h3-9,11-12,24H,10H2,1-2H3,(H,21,22)(H,23,25). The van der Waals surface area contributed by atoms with Gasteiger partial charge in [-0.3, -0.25) is 9.52 Å². The number of hydrogen-bond acceptors (Lipinski definition) is 4. The van der Waals surface area contributed by atoms with E-state index in [0.717, 1.165) is 16.8 Å². The van der Waals surface area contributed by atoms with Gasteiger partial charge in [0, 0.05) is 23.2 Å². The van der Waals surface area contributed by atoms with E-state index in [2.05, 4.69) is 20.0 Å². The van der Waals surface area contributed by atoms with Crippen molar-refractivity contribution in [2.75, 3.05) is 10.0 Å². The van der Waals surface area contributed by atoms with Crippen molar-refractivity contribution in [2.24, 2.45) is 0 Å². The van der Waals surface area contributed by atoms with Crippen LogP contribution in [0.3, 0.4) is 0 Å². The van der Waals surface area contributed by atoms with Crippen LogP contribution in [0.25, 0.3) is 11.3 Å². The fourth-order valence-corrected chi connectivity index (χ4v) is 4.48. The second-order valence-electron chi connectivity index (χ2n) is 7.46. The molecule has 1 amide bonds. The zero-order valence-corrected chi connectivity index (χ0v) is 16.3. The molecular formula is C20H20N4O3S. The number of aromatic nitrogens is 2. The van der Waals surface area contributed by atoms with Crippen LogP contribution < -0.4 is 10.0 Å². The summed E-state index contributed by atoms with van der Waals surface area (Å²) in [6.45, 7) is 3.87. The van der Waals surface area contributed by atoms with Gasteiger partial charge in [-0.1, -0.05) is 26.0 Å². The van der Waals surface area contributed by atoms with Crippen LogP contribution in [-0.4, -0.2) is 24.3 Å². The Labute approximate surface area is 163 Å². The fraction of sp³-hybridized carbons (Fsp3) is 0.200. The summed E-state index contributed by atoms with van der Waals surface area (Å²) in [5, 5.41) is 2.80. The molecule has 7 nitrogen and oxygen atoms in total. The number of H-pyrrole nitrogens is 1. The lowest BCUT2D eigenvalue weighted by Crippen LogP contribution is -2.32. The van der Waals surface area contributed by atoms with Crippen LogP contribution in [0.5, 0.6) is 0 Å². The molecule has 2 aromatic carbocycles. The molecule has 0 aliphatic carbocycles. The maximum absolute atomic E-state index is 12.9. The van der Waals surface area contributed by atoms with Crippen molar-refractivity contribution >= 4 is 27.3 Å². The molecule has 0 fully saturated rings. The quantitative estimate of drug-likeness (QED) is 0.628. The molecule has 2 heterocycles. The Morgan fingerprint density at radius 3 is 2.54 bits per heavy atom. The van der Waals surface area contributed by atoms with E-state index in [-0.39, 0.29) is 10.8 Å². The second kappa shape index (κ2) is 6.49. The van der Waals surface area contributed by atoms with Gasteiger partial charge in [0.05, 0.1) is 23.1 Å². The first-order valence-electron chi connectivity index (χ1n) is 8.81. The highest BCUT2D eigenvalue weighted by Crippen LogP contribution is 2.38. The van der Waals surface area contributed by atoms with Crippen molar-refractivity contribution in [3.63, 3.8) is 0 Å². The lowest BCUT2D eigenvalue weighted by Gasteiger charge is -2.32. The smallest absolute Gasteiger partial charge is 0.261 e. The van der Waals surface area contributed by atoms with Crippen LogP contribution in [0, 0.1) is 0 Å². The van der Waals surface area contributed by atoms with Crippen LogP contribution in [0.2, 0.25) is 0 Å². The normalized spacial score (nSPS) is 15.6. The summed E-state index contributed by atoms with van der Waals surface area (Å²) in [4.78, 5) is 19.0. The Hall–Kier alpha value is -3.13. The molecule has 3 N–H and O–H groups in total. The molecule has 8 heteroatoms. The number of rotatable bonds is 4. The zero-order chi connectivity index (χ0) is 19.9. The lowest BCUT2D eigenvalue weighted by atomic mass is 9.78. The fourth-order valence-electron chi connectivity index (χ4n) is 3.40. The summed E-state index contributed by atoms with van der Waals surface area (Å²) in [5.41, 5.74) is 3.26. The molecule has 144 valence electrons. The average molecular weight is 396 g/mol. The molecule has 0 unspecified atom stereocenters. The number of amides is 1. The highest BCUT2D eigenvalue weighted by Gasteiger charge is 2.33. The number of imidazole rings is 1. The van der Waals surface area contributed by atoms with E-state index in [1.54, 1.807) is 36.8 Å². The van der Waals surface area contributed by atoms with Crippen molar-refractivity contribution in [2.45, 2.75) is 30.6 Å². The van der Waals surface area contributed by atoms with E-state index in [9.17, 15) is 13.2 Å². The van der Waals surface area contributed by atoms with Gasteiger partial charge in [0.2, 0.25) is 5.91 Å². The molecule has 1 aromatic heterocycles. The highest BCUT2D eigenvalue weighted by molar-refractivity contribution is 7.92. The van der Waals surface area contributed by atoms with Gasteiger partial charge in [0.1, 0.15) is 0 Å². The van der Waals surface area contributed by atoms with E-state index in [1.165, 1.54) is 6.07 Å². The summed E-state index contributed by atoms with van der Waals surface area (Å²) in [5.74, 6) is -0.0661. The number of sulfonamides is 1. The van der Waals surface area contributed by atoms with Crippen molar-refractivity contribution in [1.29, 1.82) is 0 Å². The molecule has 0 spiro atoms. The predicted molar refractivity (Wildman–Crippen MR) is 108 cm³/mol. The number of aromatic amines is 1. The highest BCUT2D eigenvalue weighted by atomic mass is 32.2. The maximum atomic E-state index is 12.9. The molecule has 4 rings (SSSR count). The van der Waals surface area contributed by atoms with Gasteiger partial charge in [-0.15, -0.1) is 0 Å². The number of nitrogens with one attached hydrogen (secondary N) is 3. The Morgan fingerprint density at radius 2 is 1.86 bits per heavy atom. The van der Waals surface area contributed by atoms with Gasteiger partial charge >= 0.3 is 0 Å². The third kappa shape index (κ3) is 3.38. The second-order valence-corrected chi connectivity index (χ2v) is 9.15. The van der Waals surface area contributed by atoms with E-state index < -0.39 is 15.4 Å². The Balaban J connectivity index is 1.61. The first-order chi connectivity index (χ1) is 13.2. The summed E-state index contributed by atoms with van der Waals surface area (Å²) in [6.07, 6.45) is 3.60. The Kier molecular flexibility index (Phi) is 4.23. The van der Waals surface area contributed by atoms with Crippen molar-refractivity contribution < 1.29 is 13.2 Å². The summed E-state index contributed by atoms with van der Waals surface area (Å²) in [6, 6.07) is 11.8. The van der Waals surface area contributed by atoms with E-state index in [4.69, 9.17) is 0 Å². The lowest BCUT2D eigenvalue weighted by molar-refractivity contribution is -0.117. The molecule has 0 radical (unpaired) electrons. The Bertz CT molecular complexity index is 1130. The number of benzene rings is 2. The van der Waals surface area contributed by atoms with Gasteiger partial charge < -0.3 is 10.3 Å². The minimum atomic E-state index is -3.76. The number of carbonyl (C=O) groups is 1. The molecule has 0 saturated carbocycles. The number of nitrogens with zero attached hydrogens (tertiary/aromatic N) is 1. The van der Waals surface area contributed by atoms with Crippen LogP contribution in [-0.2, 0) is 20.2 Å². The van der Waals surface area contributed by atoms with Crippen molar-refractivity contribution in [1.82, 2.24) is 9.97 Å². The van der Waals surface area contributed by atoms with Gasteiger partial charge in [-0.2, -0.15) is 0 Å². The predicted octanol–water partition coefficient (Wildman–Crippen LogP) is 3.50. The van der Waals surface area contributed by atoms with Gasteiger partial charge in [-0.25, -0.2) is 13.4 Å². The monoisotopic (exact) mass is 396 g/mol. The number of anilines is 2. The van der Waals surface area contributed by atoms with E-state index >= 15 is 0 Å². The molecule has 28 heavy (non-hydrogen) atoms. The molecule has 1 aliphatic rings. The number of carbonyl (C=O) groups excluding carboxylic acids is 1. The van der Waals surface area contributed by atoms with Crippen LogP contribution in [0.1, 0.15) is 25.8 Å². The van der Waals surface area contributed by atoms with Gasteiger partial charge in [-0.05, 0) is 41.5 Å². The molecule has 0 atom stereocenters. The maximum Gasteiger partial charge on any atom is 0.261 e. The Morgan fingerprint density at radius 1 is 1.11 bits per heavy atom. The molecule has 3 aromatic rings. The molecular weight excluding hydrogens is 376 g/mol. The van der Waals surface area contributed by atoms with E-state index in [1.807, 2.05) is 26.0 Å². The minimum absolute atomic E-state index is 0.0661. The van der Waals surface area contributed by atoms with Crippen LogP contribution in [0.4, 0.5) is 11.4 Å². The summed E-state index contributed by atoms with van der Waals surface area (Å²) in [7, 11) is -3.76. The van der Waals surface area contributed by atoms with Crippen molar-refractivity contribution in [3.05, 3.63) is 60.6 Å².